The Hall–Kier alpha value is -2.07. The van der Waals surface area contributed by atoms with Crippen molar-refractivity contribution in [1.29, 1.82) is 0 Å². The van der Waals surface area contributed by atoms with Gasteiger partial charge in [0.15, 0.2) is 0 Å². The number of sulfonamides is 1. The van der Waals surface area contributed by atoms with Gasteiger partial charge in [-0.1, -0.05) is 6.92 Å². The quantitative estimate of drug-likeness (QED) is 0.763. The van der Waals surface area contributed by atoms with Crippen LogP contribution in [-0.2, 0) is 19.6 Å². The number of aliphatic carboxylic acids is 1. The first-order valence-corrected chi connectivity index (χ1v) is 9.59. The van der Waals surface area contributed by atoms with Gasteiger partial charge in [0.1, 0.15) is 22.6 Å². The zero-order chi connectivity index (χ0) is 19.5. The van der Waals surface area contributed by atoms with Crippen molar-refractivity contribution in [3.05, 3.63) is 29.8 Å². The van der Waals surface area contributed by atoms with E-state index in [1.54, 1.807) is 6.92 Å². The van der Waals surface area contributed by atoms with Crippen LogP contribution in [0.2, 0.25) is 0 Å². The van der Waals surface area contributed by atoms with Crippen molar-refractivity contribution >= 4 is 21.9 Å². The molecule has 1 fully saturated rings. The van der Waals surface area contributed by atoms with Crippen LogP contribution in [0.1, 0.15) is 26.2 Å². The van der Waals surface area contributed by atoms with E-state index in [0.717, 1.165) is 16.4 Å². The summed E-state index contributed by atoms with van der Waals surface area (Å²) < 4.78 is 53.1. The lowest BCUT2D eigenvalue weighted by molar-refractivity contribution is -0.142. The minimum absolute atomic E-state index is 0.0414. The maximum Gasteiger partial charge on any atom is 0.326 e. The van der Waals surface area contributed by atoms with Crippen LogP contribution in [0.5, 0.6) is 0 Å². The summed E-state index contributed by atoms with van der Waals surface area (Å²) in [6.07, 6.45) is 0.559. The average Bonchev–Trinajstić information content (AvgIpc) is 2.61. The molecule has 7 nitrogen and oxygen atoms in total. The molecular formula is C16H20F2N2O5S. The highest BCUT2D eigenvalue weighted by atomic mass is 32.2. The highest BCUT2D eigenvalue weighted by Crippen LogP contribution is 2.26. The van der Waals surface area contributed by atoms with E-state index in [1.165, 1.54) is 0 Å². The highest BCUT2D eigenvalue weighted by Gasteiger charge is 2.34. The molecule has 0 saturated carbocycles. The largest absolute Gasteiger partial charge is 0.480 e. The molecule has 1 aromatic carbocycles. The van der Waals surface area contributed by atoms with Crippen LogP contribution < -0.4 is 5.32 Å². The summed E-state index contributed by atoms with van der Waals surface area (Å²) in [6, 6.07) is 1.21. The standard InChI is InChI=1S/C16H20F2N2O5S/c1-2-13(16(22)23)19-15(21)10-5-7-20(8-6-10)26(24,25)14-9-11(17)3-4-12(14)18/h3-4,9-10,13H,2,5-8H2,1H3,(H,19,21)(H,22,23). The third kappa shape index (κ3) is 4.36. The van der Waals surface area contributed by atoms with Crippen molar-refractivity contribution in [1.82, 2.24) is 9.62 Å². The zero-order valence-corrected chi connectivity index (χ0v) is 14.9. The normalized spacial score (nSPS) is 17.7. The molecule has 1 aliphatic rings. The number of halogens is 2. The van der Waals surface area contributed by atoms with E-state index >= 15 is 0 Å². The van der Waals surface area contributed by atoms with Gasteiger partial charge >= 0.3 is 5.97 Å². The molecule has 144 valence electrons. The predicted octanol–water partition coefficient (Wildman–Crippen LogP) is 1.34. The topological polar surface area (TPSA) is 104 Å². The van der Waals surface area contributed by atoms with Crippen LogP contribution in [0.25, 0.3) is 0 Å². The van der Waals surface area contributed by atoms with Gasteiger partial charge in [-0.25, -0.2) is 22.0 Å². The first kappa shape index (κ1) is 20.2. The number of carboxylic acid groups (broad SMARTS) is 1. The molecule has 1 saturated heterocycles. The fraction of sp³-hybridized carbons (Fsp3) is 0.500. The number of nitrogens with zero attached hydrogens (tertiary/aromatic N) is 1. The van der Waals surface area contributed by atoms with Crippen molar-refractivity contribution in [2.45, 2.75) is 37.1 Å². The van der Waals surface area contributed by atoms with E-state index in [-0.39, 0.29) is 32.4 Å². The lowest BCUT2D eigenvalue weighted by Gasteiger charge is -2.31. The summed E-state index contributed by atoms with van der Waals surface area (Å²) in [5.41, 5.74) is 0. The lowest BCUT2D eigenvalue weighted by Crippen LogP contribution is -2.47. The van der Waals surface area contributed by atoms with E-state index in [0.29, 0.717) is 6.07 Å². The predicted molar refractivity (Wildman–Crippen MR) is 87.7 cm³/mol. The monoisotopic (exact) mass is 390 g/mol. The number of hydrogen-bond donors (Lipinski definition) is 2. The molecule has 1 heterocycles. The molecule has 0 spiro atoms. The van der Waals surface area contributed by atoms with Gasteiger partial charge in [-0.3, -0.25) is 4.79 Å². The molecule has 2 N–H and O–H groups in total. The van der Waals surface area contributed by atoms with Crippen LogP contribution in [0.3, 0.4) is 0 Å². The van der Waals surface area contributed by atoms with Gasteiger partial charge in [0.25, 0.3) is 0 Å². The molecule has 1 atom stereocenters. The first-order chi connectivity index (χ1) is 12.2. The maximum absolute atomic E-state index is 13.8. The van der Waals surface area contributed by atoms with Gasteiger partial charge in [0.05, 0.1) is 0 Å². The second-order valence-electron chi connectivity index (χ2n) is 6.06. The number of rotatable bonds is 6. The van der Waals surface area contributed by atoms with Crippen LogP contribution in [-0.4, -0.2) is 48.8 Å². The van der Waals surface area contributed by atoms with Crippen LogP contribution in [0.4, 0.5) is 8.78 Å². The van der Waals surface area contributed by atoms with Gasteiger partial charge in [0, 0.05) is 19.0 Å². The number of hydrogen-bond acceptors (Lipinski definition) is 4. The molecule has 26 heavy (non-hydrogen) atoms. The zero-order valence-electron chi connectivity index (χ0n) is 14.1. The summed E-state index contributed by atoms with van der Waals surface area (Å²) >= 11 is 0. The number of carbonyl (C=O) groups is 2. The van der Waals surface area contributed by atoms with Gasteiger partial charge in [-0.15, -0.1) is 0 Å². The summed E-state index contributed by atoms with van der Waals surface area (Å²) in [7, 11) is -4.21. The second-order valence-corrected chi connectivity index (χ2v) is 7.97. The minimum atomic E-state index is -4.21. The Balaban J connectivity index is 2.04. The molecule has 2 rings (SSSR count). The summed E-state index contributed by atoms with van der Waals surface area (Å²) in [4.78, 5) is 22.4. The summed E-state index contributed by atoms with van der Waals surface area (Å²) in [5.74, 6) is -4.03. The Kier molecular flexibility index (Phi) is 6.30. The Morgan fingerprint density at radius 2 is 1.92 bits per heavy atom. The van der Waals surface area contributed by atoms with Gasteiger partial charge in [-0.05, 0) is 37.5 Å². The number of carbonyl (C=O) groups excluding carboxylic acids is 1. The molecule has 1 aromatic rings. The smallest absolute Gasteiger partial charge is 0.326 e. The molecule has 10 heteroatoms. The van der Waals surface area contributed by atoms with Crippen molar-refractivity contribution in [2.24, 2.45) is 5.92 Å². The Morgan fingerprint density at radius 1 is 1.31 bits per heavy atom. The van der Waals surface area contributed by atoms with E-state index in [2.05, 4.69) is 5.32 Å². The van der Waals surface area contributed by atoms with Gasteiger partial charge < -0.3 is 10.4 Å². The number of benzene rings is 1. The van der Waals surface area contributed by atoms with E-state index in [1.807, 2.05) is 0 Å². The molecule has 0 aromatic heterocycles. The molecule has 1 amide bonds. The Labute approximate surface area is 150 Å². The fourth-order valence-corrected chi connectivity index (χ4v) is 4.35. The highest BCUT2D eigenvalue weighted by molar-refractivity contribution is 7.89. The minimum Gasteiger partial charge on any atom is -0.480 e. The maximum atomic E-state index is 13.8. The van der Waals surface area contributed by atoms with Crippen molar-refractivity contribution < 1.29 is 31.9 Å². The van der Waals surface area contributed by atoms with E-state index in [9.17, 15) is 26.8 Å². The summed E-state index contributed by atoms with van der Waals surface area (Å²) in [5, 5.41) is 11.4. The van der Waals surface area contributed by atoms with Crippen molar-refractivity contribution in [3.8, 4) is 0 Å². The third-order valence-corrected chi connectivity index (χ3v) is 6.27. The fourth-order valence-electron chi connectivity index (χ4n) is 2.80. The third-order valence-electron chi connectivity index (χ3n) is 4.36. The number of piperidine rings is 1. The lowest BCUT2D eigenvalue weighted by atomic mass is 9.97. The molecule has 1 aliphatic heterocycles. The van der Waals surface area contributed by atoms with Crippen LogP contribution in [0, 0.1) is 17.6 Å². The molecule has 0 aliphatic carbocycles. The summed E-state index contributed by atoms with van der Waals surface area (Å²) in [6.45, 7) is 1.54. The molecule has 0 radical (unpaired) electrons. The van der Waals surface area contributed by atoms with Crippen molar-refractivity contribution in [3.63, 3.8) is 0 Å². The first-order valence-electron chi connectivity index (χ1n) is 8.15. The number of nitrogens with one attached hydrogen (secondary N) is 1. The van der Waals surface area contributed by atoms with Crippen LogP contribution in [0.15, 0.2) is 23.1 Å². The van der Waals surface area contributed by atoms with Crippen LogP contribution >= 0.6 is 0 Å². The Bertz CT molecular complexity index is 792. The average molecular weight is 390 g/mol. The second kappa shape index (κ2) is 8.09. The van der Waals surface area contributed by atoms with Gasteiger partial charge in [-0.2, -0.15) is 4.31 Å². The molecule has 0 bridgehead atoms. The van der Waals surface area contributed by atoms with Crippen molar-refractivity contribution in [2.75, 3.05) is 13.1 Å². The number of amides is 1. The van der Waals surface area contributed by atoms with E-state index in [4.69, 9.17) is 5.11 Å². The number of carboxylic acids is 1. The molecule has 1 unspecified atom stereocenters. The van der Waals surface area contributed by atoms with E-state index < -0.39 is 50.4 Å². The Morgan fingerprint density at radius 3 is 2.46 bits per heavy atom. The molecular weight excluding hydrogens is 370 g/mol. The SMILES string of the molecule is CCC(NC(=O)C1CCN(S(=O)(=O)c2cc(F)ccc2F)CC1)C(=O)O. The van der Waals surface area contributed by atoms with Gasteiger partial charge in [0.2, 0.25) is 15.9 Å².